The van der Waals surface area contributed by atoms with Crippen LogP contribution in [-0.2, 0) is 54.2 Å². The summed E-state index contributed by atoms with van der Waals surface area (Å²) in [5.41, 5.74) is 0.769. The molecule has 0 aromatic heterocycles. The van der Waals surface area contributed by atoms with Gasteiger partial charge in [0, 0.05) is 20.8 Å². The van der Waals surface area contributed by atoms with Crippen molar-refractivity contribution in [3.63, 3.8) is 0 Å². The monoisotopic (exact) mass is 424 g/mol. The molecule has 164 valence electrons. The van der Waals surface area contributed by atoms with E-state index in [2.05, 4.69) is 0 Å². The van der Waals surface area contributed by atoms with Crippen molar-refractivity contribution in [2.24, 2.45) is 0 Å². The van der Waals surface area contributed by atoms with Gasteiger partial charge in [0.25, 0.3) is 0 Å². The molecule has 10 heteroatoms. The zero-order valence-corrected chi connectivity index (χ0v) is 17.1. The molecule has 1 saturated heterocycles. The number of rotatable bonds is 7. The van der Waals surface area contributed by atoms with Gasteiger partial charge in [-0.25, -0.2) is 4.79 Å². The normalized spacial score (nSPS) is 25.7. The molecule has 1 aliphatic rings. The number of hydrogen-bond donors (Lipinski definition) is 0. The maximum absolute atomic E-state index is 12.3. The van der Waals surface area contributed by atoms with E-state index in [1.807, 2.05) is 6.07 Å². The first-order chi connectivity index (χ1) is 14.2. The van der Waals surface area contributed by atoms with Crippen LogP contribution >= 0.6 is 0 Å². The van der Waals surface area contributed by atoms with Crippen LogP contribution in [0, 0.1) is 0 Å². The Labute approximate surface area is 173 Å². The van der Waals surface area contributed by atoms with Gasteiger partial charge in [0.15, 0.2) is 18.3 Å². The number of carbonyl (C=O) groups is 4. The quantitative estimate of drug-likeness (QED) is 0.460. The van der Waals surface area contributed by atoms with Crippen molar-refractivity contribution in [1.29, 1.82) is 0 Å². The lowest BCUT2D eigenvalue weighted by Gasteiger charge is -2.43. The first-order valence-corrected chi connectivity index (χ1v) is 9.13. The summed E-state index contributed by atoms with van der Waals surface area (Å²) in [6.45, 7) is 3.44. The van der Waals surface area contributed by atoms with Crippen molar-refractivity contribution in [3.8, 4) is 0 Å². The Hall–Kier alpha value is -2.98. The van der Waals surface area contributed by atoms with Crippen molar-refractivity contribution in [1.82, 2.24) is 0 Å². The lowest BCUT2D eigenvalue weighted by molar-refractivity contribution is -0.299. The fraction of sp³-hybridized carbons (Fsp3) is 0.500. The SMILES string of the molecule is COC(=O)[C@@H]1OC(OC(C)=O)[C@H](OC(C)=O)[C@@H](OCc2ccccc2)[C@@H]1OC(C)=O. The molecule has 2 rings (SSSR count). The van der Waals surface area contributed by atoms with Gasteiger partial charge in [-0.2, -0.15) is 0 Å². The van der Waals surface area contributed by atoms with Gasteiger partial charge in [0.1, 0.15) is 6.10 Å². The van der Waals surface area contributed by atoms with Crippen LogP contribution in [0.3, 0.4) is 0 Å². The average molecular weight is 424 g/mol. The van der Waals surface area contributed by atoms with Gasteiger partial charge in [-0.15, -0.1) is 0 Å². The highest BCUT2D eigenvalue weighted by Gasteiger charge is 2.54. The molecular formula is C20H24O10. The standard InChI is InChI=1S/C20H24O10/c1-11(21)27-16-15(26-10-14-8-6-5-7-9-14)18(28-12(2)22)20(29-13(3)23)30-17(16)19(24)25-4/h5-9,15-18,20H,10H2,1-4H3/t15-,16-,17+,18+,20?/m0/s1. The van der Waals surface area contributed by atoms with Crippen LogP contribution in [0.15, 0.2) is 30.3 Å². The lowest BCUT2D eigenvalue weighted by Crippen LogP contribution is -2.63. The highest BCUT2D eigenvalue weighted by Crippen LogP contribution is 2.30. The predicted octanol–water partition coefficient (Wildman–Crippen LogP) is 0.896. The van der Waals surface area contributed by atoms with Crippen molar-refractivity contribution < 1.29 is 47.6 Å². The Morgan fingerprint density at radius 1 is 0.833 bits per heavy atom. The van der Waals surface area contributed by atoms with Gasteiger partial charge in [0.2, 0.25) is 6.29 Å². The molecule has 10 nitrogen and oxygen atoms in total. The third-order valence-electron chi connectivity index (χ3n) is 4.10. The maximum Gasteiger partial charge on any atom is 0.339 e. The van der Waals surface area contributed by atoms with Gasteiger partial charge in [-0.05, 0) is 5.56 Å². The average Bonchev–Trinajstić information content (AvgIpc) is 2.68. The summed E-state index contributed by atoms with van der Waals surface area (Å²) in [6, 6.07) is 9.01. The number of methoxy groups -OCH3 is 1. The van der Waals surface area contributed by atoms with E-state index in [0.717, 1.165) is 33.4 Å². The van der Waals surface area contributed by atoms with Crippen LogP contribution in [0.25, 0.3) is 0 Å². The molecule has 0 aliphatic carbocycles. The van der Waals surface area contributed by atoms with E-state index in [-0.39, 0.29) is 6.61 Å². The van der Waals surface area contributed by atoms with Crippen LogP contribution in [-0.4, -0.2) is 61.7 Å². The largest absolute Gasteiger partial charge is 0.467 e. The number of carbonyl (C=O) groups excluding carboxylic acids is 4. The van der Waals surface area contributed by atoms with E-state index < -0.39 is 54.6 Å². The summed E-state index contributed by atoms with van der Waals surface area (Å²) < 4.78 is 31.8. The second kappa shape index (κ2) is 10.7. The molecule has 0 saturated carbocycles. The molecule has 1 aromatic carbocycles. The topological polar surface area (TPSA) is 124 Å². The van der Waals surface area contributed by atoms with E-state index in [9.17, 15) is 19.2 Å². The van der Waals surface area contributed by atoms with E-state index in [4.69, 9.17) is 28.4 Å². The summed E-state index contributed by atoms with van der Waals surface area (Å²) in [4.78, 5) is 47.2. The van der Waals surface area contributed by atoms with Crippen molar-refractivity contribution >= 4 is 23.9 Å². The van der Waals surface area contributed by atoms with E-state index >= 15 is 0 Å². The number of benzene rings is 1. The summed E-state index contributed by atoms with van der Waals surface area (Å²) >= 11 is 0. The van der Waals surface area contributed by atoms with Crippen molar-refractivity contribution in [3.05, 3.63) is 35.9 Å². The molecule has 1 aromatic rings. The van der Waals surface area contributed by atoms with Crippen molar-refractivity contribution in [2.45, 2.75) is 58.1 Å². The van der Waals surface area contributed by atoms with Gasteiger partial charge in [-0.3, -0.25) is 14.4 Å². The zero-order valence-electron chi connectivity index (χ0n) is 17.1. The van der Waals surface area contributed by atoms with Gasteiger partial charge in [0.05, 0.1) is 13.7 Å². The predicted molar refractivity (Wildman–Crippen MR) is 98.6 cm³/mol. The Morgan fingerprint density at radius 2 is 1.40 bits per heavy atom. The second-order valence-electron chi connectivity index (χ2n) is 6.47. The van der Waals surface area contributed by atoms with E-state index in [1.54, 1.807) is 24.3 Å². The Bertz CT molecular complexity index is 762. The van der Waals surface area contributed by atoms with E-state index in [1.165, 1.54) is 0 Å². The molecule has 1 aliphatic heterocycles. The van der Waals surface area contributed by atoms with Crippen molar-refractivity contribution in [2.75, 3.05) is 7.11 Å². The van der Waals surface area contributed by atoms with Gasteiger partial charge in [-0.1, -0.05) is 30.3 Å². The van der Waals surface area contributed by atoms with Crippen LogP contribution in [0.4, 0.5) is 0 Å². The van der Waals surface area contributed by atoms with Crippen LogP contribution in [0.1, 0.15) is 26.3 Å². The van der Waals surface area contributed by atoms with E-state index in [0.29, 0.717) is 0 Å². The molecule has 0 N–H and O–H groups in total. The zero-order chi connectivity index (χ0) is 22.3. The van der Waals surface area contributed by atoms with Crippen LogP contribution in [0.2, 0.25) is 0 Å². The molecule has 0 bridgehead atoms. The molecule has 0 radical (unpaired) electrons. The fourth-order valence-corrected chi connectivity index (χ4v) is 2.97. The van der Waals surface area contributed by atoms with Gasteiger partial charge < -0.3 is 28.4 Å². The summed E-state index contributed by atoms with van der Waals surface area (Å²) in [5.74, 6) is -3.06. The third-order valence-corrected chi connectivity index (χ3v) is 4.10. The number of ether oxygens (including phenoxy) is 6. The third kappa shape index (κ3) is 6.26. The molecule has 0 amide bonds. The molecule has 30 heavy (non-hydrogen) atoms. The first-order valence-electron chi connectivity index (χ1n) is 9.13. The molecule has 1 heterocycles. The minimum absolute atomic E-state index is 0.0295. The summed E-state index contributed by atoms with van der Waals surface area (Å²) in [5, 5.41) is 0. The maximum atomic E-state index is 12.3. The Kier molecular flexibility index (Phi) is 8.31. The first kappa shape index (κ1) is 23.3. The second-order valence-corrected chi connectivity index (χ2v) is 6.47. The summed E-state index contributed by atoms with van der Waals surface area (Å²) in [6.07, 6.45) is -6.78. The molecule has 1 unspecified atom stereocenters. The fourth-order valence-electron chi connectivity index (χ4n) is 2.97. The minimum atomic E-state index is -1.48. The van der Waals surface area contributed by atoms with Crippen LogP contribution in [0.5, 0.6) is 0 Å². The Balaban J connectivity index is 2.42. The minimum Gasteiger partial charge on any atom is -0.467 e. The molecular weight excluding hydrogens is 400 g/mol. The highest BCUT2D eigenvalue weighted by molar-refractivity contribution is 5.77. The lowest BCUT2D eigenvalue weighted by atomic mass is 9.97. The summed E-state index contributed by atoms with van der Waals surface area (Å²) in [7, 11) is 1.12. The Morgan fingerprint density at radius 3 is 1.93 bits per heavy atom. The molecule has 5 atom stereocenters. The molecule has 0 spiro atoms. The van der Waals surface area contributed by atoms with Gasteiger partial charge >= 0.3 is 23.9 Å². The highest BCUT2D eigenvalue weighted by atomic mass is 16.7. The smallest absolute Gasteiger partial charge is 0.339 e. The van der Waals surface area contributed by atoms with Crippen LogP contribution < -0.4 is 0 Å². The number of esters is 4. The molecule has 1 fully saturated rings. The number of hydrogen-bond acceptors (Lipinski definition) is 10.